The smallest absolute Gasteiger partial charge is 0.311 e. The van der Waals surface area contributed by atoms with Crippen LogP contribution in [-0.4, -0.2) is 28.4 Å². The van der Waals surface area contributed by atoms with Crippen LogP contribution in [0.15, 0.2) is 47.3 Å². The molecule has 7 heteroatoms. The van der Waals surface area contributed by atoms with Gasteiger partial charge in [-0.25, -0.2) is 4.98 Å². The van der Waals surface area contributed by atoms with Crippen LogP contribution < -0.4 is 10.5 Å². The number of aromatic nitrogens is 2. The minimum atomic E-state index is -0.544. The molecule has 1 unspecified atom stereocenters. The number of carbonyl (C=O) groups excluding carboxylic acids is 2. The summed E-state index contributed by atoms with van der Waals surface area (Å²) in [5, 5.41) is 0.496. The summed E-state index contributed by atoms with van der Waals surface area (Å²) in [6.07, 6.45) is 1.03. The van der Waals surface area contributed by atoms with Crippen LogP contribution >= 0.6 is 0 Å². The van der Waals surface area contributed by atoms with Crippen molar-refractivity contribution < 1.29 is 14.3 Å². The van der Waals surface area contributed by atoms with Gasteiger partial charge in [0, 0.05) is 18.7 Å². The molecular formula is C23H23N3O4. The SMILES string of the molecule is CCc1ccc(N2CC(C(=O)OCc3nc4c(C)cccc4c(=O)[nH]3)CC2=O)cc1. The Labute approximate surface area is 173 Å². The highest BCUT2D eigenvalue weighted by molar-refractivity contribution is 5.99. The van der Waals surface area contributed by atoms with E-state index in [9.17, 15) is 14.4 Å². The summed E-state index contributed by atoms with van der Waals surface area (Å²) in [4.78, 5) is 45.9. The van der Waals surface area contributed by atoms with E-state index in [0.29, 0.717) is 10.9 Å². The molecule has 0 spiro atoms. The molecule has 1 amide bonds. The standard InChI is InChI=1S/C23H23N3O4/c1-3-15-7-9-17(10-8-15)26-12-16(11-20(26)27)23(29)30-13-19-24-21-14(2)5-4-6-18(21)22(28)25-19/h4-10,16H,3,11-13H2,1-2H3,(H,24,25,28). The van der Waals surface area contributed by atoms with Crippen molar-refractivity contribution in [1.82, 2.24) is 9.97 Å². The first kappa shape index (κ1) is 19.8. The maximum Gasteiger partial charge on any atom is 0.311 e. The zero-order valence-electron chi connectivity index (χ0n) is 17.0. The van der Waals surface area contributed by atoms with Crippen LogP contribution in [0.2, 0.25) is 0 Å². The Morgan fingerprint density at radius 2 is 1.97 bits per heavy atom. The van der Waals surface area contributed by atoms with Crippen molar-refractivity contribution in [2.24, 2.45) is 5.92 Å². The van der Waals surface area contributed by atoms with E-state index in [0.717, 1.165) is 17.7 Å². The molecule has 154 valence electrons. The molecule has 1 aliphatic rings. The third kappa shape index (κ3) is 3.83. The van der Waals surface area contributed by atoms with Gasteiger partial charge in [0.15, 0.2) is 0 Å². The number of ether oxygens (including phenoxy) is 1. The molecule has 0 saturated carbocycles. The molecule has 1 saturated heterocycles. The van der Waals surface area contributed by atoms with E-state index < -0.39 is 11.9 Å². The average molecular weight is 405 g/mol. The van der Waals surface area contributed by atoms with Gasteiger partial charge in [-0.15, -0.1) is 0 Å². The van der Waals surface area contributed by atoms with E-state index in [2.05, 4.69) is 16.9 Å². The summed E-state index contributed by atoms with van der Waals surface area (Å²) in [5.74, 6) is -0.832. The van der Waals surface area contributed by atoms with Crippen LogP contribution in [0, 0.1) is 12.8 Å². The molecule has 7 nitrogen and oxygen atoms in total. The number of rotatable bonds is 5. The first-order valence-electron chi connectivity index (χ1n) is 10.0. The first-order valence-corrected chi connectivity index (χ1v) is 10.0. The van der Waals surface area contributed by atoms with Crippen LogP contribution in [0.5, 0.6) is 0 Å². The lowest BCUT2D eigenvalue weighted by atomic mass is 10.1. The van der Waals surface area contributed by atoms with Crippen molar-refractivity contribution in [2.75, 3.05) is 11.4 Å². The molecule has 1 N–H and O–H groups in total. The number of para-hydroxylation sites is 1. The summed E-state index contributed by atoms with van der Waals surface area (Å²) in [6.45, 7) is 4.08. The van der Waals surface area contributed by atoms with Crippen molar-refractivity contribution in [3.05, 3.63) is 69.8 Å². The van der Waals surface area contributed by atoms with Crippen LogP contribution in [0.25, 0.3) is 10.9 Å². The van der Waals surface area contributed by atoms with Gasteiger partial charge in [0.1, 0.15) is 12.4 Å². The van der Waals surface area contributed by atoms with Crippen molar-refractivity contribution >= 4 is 28.5 Å². The van der Waals surface area contributed by atoms with Gasteiger partial charge >= 0.3 is 5.97 Å². The lowest BCUT2D eigenvalue weighted by Crippen LogP contribution is -2.26. The lowest BCUT2D eigenvalue weighted by molar-refractivity contribution is -0.149. The fourth-order valence-electron chi connectivity index (χ4n) is 3.70. The van der Waals surface area contributed by atoms with Crippen molar-refractivity contribution in [1.29, 1.82) is 0 Å². The molecular weight excluding hydrogens is 382 g/mol. The zero-order chi connectivity index (χ0) is 21.3. The Bertz CT molecular complexity index is 1170. The number of hydrogen-bond donors (Lipinski definition) is 1. The Morgan fingerprint density at radius 1 is 1.20 bits per heavy atom. The normalized spacial score (nSPS) is 16.3. The third-order valence-corrected chi connectivity index (χ3v) is 5.45. The van der Waals surface area contributed by atoms with E-state index in [4.69, 9.17) is 4.74 Å². The Hall–Kier alpha value is -3.48. The van der Waals surface area contributed by atoms with Gasteiger partial charge in [0.2, 0.25) is 5.91 Å². The summed E-state index contributed by atoms with van der Waals surface area (Å²) < 4.78 is 5.37. The van der Waals surface area contributed by atoms with Gasteiger partial charge in [0.25, 0.3) is 5.56 Å². The van der Waals surface area contributed by atoms with Gasteiger partial charge < -0.3 is 14.6 Å². The molecule has 2 heterocycles. The minimum absolute atomic E-state index is 0.103. The molecule has 0 aliphatic carbocycles. The summed E-state index contributed by atoms with van der Waals surface area (Å²) >= 11 is 0. The molecule has 1 fully saturated rings. The van der Waals surface area contributed by atoms with E-state index in [-0.39, 0.29) is 36.9 Å². The molecule has 30 heavy (non-hydrogen) atoms. The highest BCUT2D eigenvalue weighted by Gasteiger charge is 2.36. The quantitative estimate of drug-likeness (QED) is 0.659. The summed E-state index contributed by atoms with van der Waals surface area (Å²) in [7, 11) is 0. The number of H-pyrrole nitrogens is 1. The number of nitrogens with one attached hydrogen (secondary N) is 1. The molecule has 3 aromatic rings. The van der Waals surface area contributed by atoms with Gasteiger partial charge in [-0.3, -0.25) is 14.4 Å². The number of fused-ring (bicyclic) bond motifs is 1. The molecule has 0 radical (unpaired) electrons. The third-order valence-electron chi connectivity index (χ3n) is 5.45. The van der Waals surface area contributed by atoms with Crippen LogP contribution in [0.4, 0.5) is 5.69 Å². The van der Waals surface area contributed by atoms with Gasteiger partial charge in [-0.2, -0.15) is 0 Å². The lowest BCUT2D eigenvalue weighted by Gasteiger charge is -2.17. The topological polar surface area (TPSA) is 92.4 Å². The van der Waals surface area contributed by atoms with E-state index in [1.807, 2.05) is 37.3 Å². The number of anilines is 1. The predicted molar refractivity (Wildman–Crippen MR) is 113 cm³/mol. The van der Waals surface area contributed by atoms with Gasteiger partial charge in [0.05, 0.1) is 16.8 Å². The second kappa shape index (κ2) is 8.10. The number of aromatic amines is 1. The minimum Gasteiger partial charge on any atom is -0.457 e. The maximum absolute atomic E-state index is 12.5. The molecule has 1 aromatic heterocycles. The fraction of sp³-hybridized carbons (Fsp3) is 0.304. The predicted octanol–water partition coefficient (Wildman–Crippen LogP) is 2.89. The first-order chi connectivity index (χ1) is 14.5. The van der Waals surface area contributed by atoms with Crippen molar-refractivity contribution in [2.45, 2.75) is 33.3 Å². The monoisotopic (exact) mass is 405 g/mol. The Morgan fingerprint density at radius 3 is 2.70 bits per heavy atom. The van der Waals surface area contributed by atoms with Crippen molar-refractivity contribution in [3.8, 4) is 0 Å². The van der Waals surface area contributed by atoms with Crippen LogP contribution in [-0.2, 0) is 27.4 Å². The average Bonchev–Trinajstić information content (AvgIpc) is 3.14. The number of aryl methyl sites for hydroxylation is 2. The highest BCUT2D eigenvalue weighted by atomic mass is 16.5. The molecule has 0 bridgehead atoms. The number of nitrogens with zero attached hydrogens (tertiary/aromatic N) is 2. The zero-order valence-corrected chi connectivity index (χ0v) is 17.0. The highest BCUT2D eigenvalue weighted by Crippen LogP contribution is 2.26. The van der Waals surface area contributed by atoms with E-state index in [1.54, 1.807) is 17.0 Å². The number of esters is 1. The van der Waals surface area contributed by atoms with E-state index >= 15 is 0 Å². The number of carbonyl (C=O) groups is 2. The largest absolute Gasteiger partial charge is 0.457 e. The van der Waals surface area contributed by atoms with E-state index in [1.165, 1.54) is 5.56 Å². The molecule has 2 aromatic carbocycles. The molecule has 1 aliphatic heterocycles. The number of benzene rings is 2. The summed E-state index contributed by atoms with van der Waals surface area (Å²) in [6, 6.07) is 13.1. The molecule has 4 rings (SSSR count). The van der Waals surface area contributed by atoms with Gasteiger partial charge in [-0.1, -0.05) is 31.2 Å². The molecule has 1 atom stereocenters. The van der Waals surface area contributed by atoms with Gasteiger partial charge in [-0.05, 0) is 42.7 Å². The number of amides is 1. The van der Waals surface area contributed by atoms with Crippen LogP contribution in [0.3, 0.4) is 0 Å². The second-order valence-corrected chi connectivity index (χ2v) is 7.52. The maximum atomic E-state index is 12.5. The Balaban J connectivity index is 1.43. The fourth-order valence-corrected chi connectivity index (χ4v) is 3.70. The van der Waals surface area contributed by atoms with Crippen LogP contribution in [0.1, 0.15) is 30.3 Å². The number of hydrogen-bond acceptors (Lipinski definition) is 5. The van der Waals surface area contributed by atoms with Crippen molar-refractivity contribution in [3.63, 3.8) is 0 Å². The summed E-state index contributed by atoms with van der Waals surface area (Å²) in [5.41, 5.74) is 3.16. The second-order valence-electron chi connectivity index (χ2n) is 7.52. The Kier molecular flexibility index (Phi) is 5.35.